The maximum Gasteiger partial charge on any atom is 0.327 e. The summed E-state index contributed by atoms with van der Waals surface area (Å²) in [4.78, 5) is 27.1. The summed E-state index contributed by atoms with van der Waals surface area (Å²) in [5, 5.41) is 9.19. The van der Waals surface area contributed by atoms with Gasteiger partial charge in [-0.05, 0) is 28.8 Å². The fourth-order valence-corrected chi connectivity index (χ4v) is 5.34. The van der Waals surface area contributed by atoms with Crippen LogP contribution in [-0.4, -0.2) is 31.8 Å². The summed E-state index contributed by atoms with van der Waals surface area (Å²) < 4.78 is 17.2. The molecule has 6 heteroatoms. The van der Waals surface area contributed by atoms with Crippen molar-refractivity contribution in [2.75, 3.05) is 14.2 Å². The van der Waals surface area contributed by atoms with E-state index in [0.717, 1.165) is 27.8 Å². The van der Waals surface area contributed by atoms with Crippen LogP contribution in [0.25, 0.3) is 11.1 Å². The van der Waals surface area contributed by atoms with Gasteiger partial charge in [-0.15, -0.1) is 0 Å². The molecule has 5 rings (SSSR count). The number of hydrogen-bond donors (Lipinski definition) is 0. The number of esters is 2. The molecule has 1 aliphatic heterocycles. The van der Waals surface area contributed by atoms with Crippen LogP contribution in [0.4, 0.5) is 0 Å². The summed E-state index contributed by atoms with van der Waals surface area (Å²) in [5.74, 6) is -1.42. The van der Waals surface area contributed by atoms with Gasteiger partial charge < -0.3 is 14.2 Å². The van der Waals surface area contributed by atoms with Crippen molar-refractivity contribution in [1.82, 2.24) is 0 Å². The second-order valence-corrected chi connectivity index (χ2v) is 8.60. The lowest BCUT2D eigenvalue weighted by molar-refractivity contribution is -0.173. The van der Waals surface area contributed by atoms with E-state index in [1.807, 2.05) is 60.7 Å². The smallest absolute Gasteiger partial charge is 0.327 e. The van der Waals surface area contributed by atoms with Crippen molar-refractivity contribution >= 4 is 23.1 Å². The number of nitriles is 1. The third-order valence-electron chi connectivity index (χ3n) is 6.91. The Labute approximate surface area is 203 Å². The van der Waals surface area contributed by atoms with Gasteiger partial charge in [-0.1, -0.05) is 72.8 Å². The number of benzene rings is 3. The highest BCUT2D eigenvalue weighted by atomic mass is 16.6. The lowest BCUT2D eigenvalue weighted by Crippen LogP contribution is -2.51. The fourth-order valence-electron chi connectivity index (χ4n) is 5.34. The average molecular weight is 466 g/mol. The molecule has 0 amide bonds. The largest absolute Gasteiger partial charge is 0.468 e. The molecule has 174 valence electrons. The molecule has 0 bridgehead atoms. The van der Waals surface area contributed by atoms with Gasteiger partial charge in [-0.3, -0.25) is 9.59 Å². The normalized spacial score (nSPS) is 19.2. The van der Waals surface area contributed by atoms with Crippen molar-refractivity contribution in [3.63, 3.8) is 0 Å². The molecule has 6 nitrogen and oxygen atoms in total. The van der Waals surface area contributed by atoms with Gasteiger partial charge in [0.1, 0.15) is 5.60 Å². The van der Waals surface area contributed by atoms with Crippen LogP contribution in [0.3, 0.4) is 0 Å². The summed E-state index contributed by atoms with van der Waals surface area (Å²) in [7, 11) is 2.53. The molecule has 3 aromatic carbocycles. The van der Waals surface area contributed by atoms with E-state index in [2.05, 4.69) is 6.07 Å². The molecule has 1 heterocycles. The highest BCUT2D eigenvalue weighted by molar-refractivity contribution is 6.25. The minimum absolute atomic E-state index is 0.0327. The van der Waals surface area contributed by atoms with Gasteiger partial charge >= 0.3 is 11.9 Å². The zero-order valence-corrected chi connectivity index (χ0v) is 19.4. The Morgan fingerprint density at radius 3 is 1.74 bits per heavy atom. The monoisotopic (exact) mass is 465 g/mol. The Hall–Kier alpha value is -4.21. The Balaban J connectivity index is 1.74. The zero-order valence-electron chi connectivity index (χ0n) is 19.4. The van der Waals surface area contributed by atoms with Crippen LogP contribution in [0.15, 0.2) is 84.9 Å². The van der Waals surface area contributed by atoms with Crippen molar-refractivity contribution in [3.8, 4) is 6.07 Å². The summed E-state index contributed by atoms with van der Waals surface area (Å²) in [6.07, 6.45) is -0.578. The third kappa shape index (κ3) is 3.20. The summed E-state index contributed by atoms with van der Waals surface area (Å²) in [6, 6.07) is 28.2. The van der Waals surface area contributed by atoms with E-state index in [1.165, 1.54) is 14.2 Å². The number of ether oxygens (including phenoxy) is 3. The number of hydrogen-bond acceptors (Lipinski definition) is 6. The first-order valence-corrected chi connectivity index (χ1v) is 11.2. The number of rotatable bonds is 5. The van der Waals surface area contributed by atoms with Crippen LogP contribution < -0.4 is 0 Å². The number of methoxy groups -OCH3 is 2. The molecule has 3 aromatic rings. The Morgan fingerprint density at radius 1 is 0.829 bits per heavy atom. The molecule has 0 radical (unpaired) electrons. The summed E-state index contributed by atoms with van der Waals surface area (Å²) >= 11 is 0. The Kier molecular flexibility index (Phi) is 5.50. The van der Waals surface area contributed by atoms with Gasteiger partial charge in [0.15, 0.2) is 0 Å². The van der Waals surface area contributed by atoms with E-state index in [1.54, 1.807) is 24.3 Å². The van der Waals surface area contributed by atoms with Gasteiger partial charge in [0.25, 0.3) is 0 Å². The van der Waals surface area contributed by atoms with Crippen LogP contribution >= 0.6 is 0 Å². The molecule has 1 spiro atoms. The highest BCUT2D eigenvalue weighted by Crippen LogP contribution is 2.73. The molecule has 0 saturated carbocycles. The molecular weight excluding hydrogens is 442 g/mol. The molecule has 0 N–H and O–H groups in total. The maximum atomic E-state index is 13.6. The van der Waals surface area contributed by atoms with Crippen molar-refractivity contribution in [3.05, 3.63) is 107 Å². The standard InChI is InChI=1S/C29H23NO5/c1-33-26(31)28(27(32)34-2)17-23(20-15-13-19(18-30)14-16-20)35-29(28)24(21-9-5-3-6-10-21)25(29)22-11-7-4-8-12-22/h3-16,23H,17H2,1-2H3. The molecule has 1 atom stereocenters. The van der Waals surface area contributed by atoms with Gasteiger partial charge in [-0.2, -0.15) is 5.26 Å². The molecule has 1 unspecified atom stereocenters. The van der Waals surface area contributed by atoms with E-state index in [-0.39, 0.29) is 6.42 Å². The van der Waals surface area contributed by atoms with Crippen molar-refractivity contribution < 1.29 is 23.8 Å². The third-order valence-corrected chi connectivity index (χ3v) is 6.91. The van der Waals surface area contributed by atoms with Gasteiger partial charge in [-0.25, -0.2) is 0 Å². The van der Waals surface area contributed by atoms with E-state index >= 15 is 0 Å². The predicted molar refractivity (Wildman–Crippen MR) is 128 cm³/mol. The minimum atomic E-state index is -1.74. The van der Waals surface area contributed by atoms with Crippen LogP contribution in [0.1, 0.15) is 34.8 Å². The Morgan fingerprint density at radius 2 is 1.31 bits per heavy atom. The number of carbonyl (C=O) groups is 2. The topological polar surface area (TPSA) is 85.6 Å². The quantitative estimate of drug-likeness (QED) is 0.401. The van der Waals surface area contributed by atoms with Crippen molar-refractivity contribution in [1.29, 1.82) is 5.26 Å². The summed E-state index contributed by atoms with van der Waals surface area (Å²) in [6.45, 7) is 0. The van der Waals surface area contributed by atoms with E-state index in [0.29, 0.717) is 5.56 Å². The molecule has 1 saturated heterocycles. The van der Waals surface area contributed by atoms with Crippen molar-refractivity contribution in [2.24, 2.45) is 5.41 Å². The molecule has 1 aliphatic carbocycles. The highest BCUT2D eigenvalue weighted by Gasteiger charge is 2.80. The molecule has 35 heavy (non-hydrogen) atoms. The van der Waals surface area contributed by atoms with Gasteiger partial charge in [0.05, 0.1) is 32.0 Å². The van der Waals surface area contributed by atoms with Crippen LogP contribution in [-0.2, 0) is 23.8 Å². The number of carbonyl (C=O) groups excluding carboxylic acids is 2. The van der Waals surface area contributed by atoms with Crippen LogP contribution in [0.2, 0.25) is 0 Å². The average Bonchev–Trinajstić information content (AvgIpc) is 3.46. The second-order valence-electron chi connectivity index (χ2n) is 8.60. The van der Waals surface area contributed by atoms with Crippen molar-refractivity contribution in [2.45, 2.75) is 18.1 Å². The molecule has 1 fully saturated rings. The van der Waals surface area contributed by atoms with E-state index < -0.39 is 29.1 Å². The minimum Gasteiger partial charge on any atom is -0.468 e. The Bertz CT molecular complexity index is 1290. The first kappa shape index (κ1) is 22.6. The molecular formula is C29H23NO5. The predicted octanol–water partition coefficient (Wildman–Crippen LogP) is 4.72. The molecule has 2 aliphatic rings. The van der Waals surface area contributed by atoms with Crippen LogP contribution in [0, 0.1) is 16.7 Å². The second kappa shape index (κ2) is 8.53. The number of nitrogens with zero attached hydrogens (tertiary/aromatic N) is 1. The first-order valence-electron chi connectivity index (χ1n) is 11.2. The molecule has 0 aromatic heterocycles. The van der Waals surface area contributed by atoms with E-state index in [4.69, 9.17) is 14.2 Å². The first-order chi connectivity index (χ1) is 17.0. The van der Waals surface area contributed by atoms with Crippen LogP contribution in [0.5, 0.6) is 0 Å². The fraction of sp³-hybridized carbons (Fsp3) is 0.207. The van der Waals surface area contributed by atoms with Gasteiger partial charge in [0.2, 0.25) is 5.41 Å². The zero-order chi connectivity index (χ0) is 24.6. The summed E-state index contributed by atoms with van der Waals surface area (Å²) in [5.41, 5.74) is 1.37. The van der Waals surface area contributed by atoms with Gasteiger partial charge in [0, 0.05) is 17.6 Å². The SMILES string of the molecule is COC(=O)C1(C(=O)OC)CC(c2ccc(C#N)cc2)OC12C(c1ccccc1)=C2c1ccccc1. The maximum absolute atomic E-state index is 13.6. The lowest BCUT2D eigenvalue weighted by atomic mass is 9.72. The van der Waals surface area contributed by atoms with E-state index in [9.17, 15) is 14.9 Å². The lowest BCUT2D eigenvalue weighted by Gasteiger charge is -2.31.